The lowest BCUT2D eigenvalue weighted by atomic mass is 10.2. The zero-order chi connectivity index (χ0) is 30.9. The summed E-state index contributed by atoms with van der Waals surface area (Å²) in [7, 11) is -3.82. The summed E-state index contributed by atoms with van der Waals surface area (Å²) in [4.78, 5) is 35.0. The number of nitrogens with one attached hydrogen (secondary N) is 2. The average Bonchev–Trinajstić information content (AvgIpc) is 3.35. The lowest BCUT2D eigenvalue weighted by molar-refractivity contribution is 0.0945. The van der Waals surface area contributed by atoms with Crippen LogP contribution >= 0.6 is 0 Å². The molecule has 218 valence electrons. The lowest BCUT2D eigenvalue weighted by Crippen LogP contribution is -2.24. The number of nitrogens with two attached hydrogens (primary N) is 2. The highest BCUT2D eigenvalue weighted by Gasteiger charge is 2.21. The van der Waals surface area contributed by atoms with E-state index >= 15 is 0 Å². The number of aryl methyl sites for hydroxylation is 2. The molecule has 5 aromatic rings. The number of aromatic nitrogens is 7. The molecule has 0 fully saturated rings. The third-order valence-corrected chi connectivity index (χ3v) is 7.39. The fraction of sp³-hybridized carbons (Fsp3) is 0.185. The van der Waals surface area contributed by atoms with Gasteiger partial charge in [-0.3, -0.25) is 4.79 Å². The van der Waals surface area contributed by atoms with Gasteiger partial charge in [0.15, 0.2) is 11.6 Å². The highest BCUT2D eigenvalue weighted by Crippen LogP contribution is 2.27. The Kier molecular flexibility index (Phi) is 7.68. The lowest BCUT2D eigenvalue weighted by Gasteiger charge is -2.16. The number of sulfonamides is 1. The third-order valence-electron chi connectivity index (χ3n) is 6.46. The average molecular weight is 599 g/mol. The SMILES string of the molecule is Cc1cc(C(=O)NCc2ccc(S(N)(=O)=O)cc2)nc(-c2nc([C@H](C)Nc3ncnc(N)c3C#N)nn3ccc(C)c23)n1. The van der Waals surface area contributed by atoms with Gasteiger partial charge < -0.3 is 16.4 Å². The van der Waals surface area contributed by atoms with Crippen molar-refractivity contribution in [2.75, 3.05) is 11.1 Å². The van der Waals surface area contributed by atoms with Gasteiger partial charge in [-0.05, 0) is 56.2 Å². The molecule has 16 heteroatoms. The number of rotatable bonds is 8. The van der Waals surface area contributed by atoms with Gasteiger partial charge in [-0.1, -0.05) is 12.1 Å². The smallest absolute Gasteiger partial charge is 0.270 e. The number of anilines is 2. The zero-order valence-corrected chi connectivity index (χ0v) is 24.1. The van der Waals surface area contributed by atoms with E-state index in [4.69, 9.17) is 15.9 Å². The standard InChI is InChI=1S/C27H26N12O3S/c1-14-8-9-39-22(14)21(37-24(38-39)16(3)35-25-19(11-28)23(29)32-13-33-25)26-34-15(2)10-20(36-26)27(40)31-12-17-4-6-18(7-5-17)43(30,41)42/h4-10,13,16H,12H2,1-3H3,(H,31,40)(H2,30,41,42)(H3,29,32,33,35)/t16-/m0/s1. The Bertz CT molecular complexity index is 2020. The molecule has 0 saturated carbocycles. The molecular weight excluding hydrogens is 572 g/mol. The Balaban J connectivity index is 1.46. The van der Waals surface area contributed by atoms with Gasteiger partial charge >= 0.3 is 0 Å². The van der Waals surface area contributed by atoms with Crippen molar-refractivity contribution in [1.82, 2.24) is 39.9 Å². The highest BCUT2D eigenvalue weighted by molar-refractivity contribution is 7.89. The first kappa shape index (κ1) is 29.0. The van der Waals surface area contributed by atoms with Gasteiger partial charge in [0.2, 0.25) is 10.0 Å². The molecule has 4 aromatic heterocycles. The number of nitrogens with zero attached hydrogens (tertiary/aromatic N) is 8. The second-order valence-electron chi connectivity index (χ2n) is 9.66. The monoisotopic (exact) mass is 598 g/mol. The topological polar surface area (TPSA) is 233 Å². The molecule has 4 heterocycles. The van der Waals surface area contributed by atoms with E-state index in [9.17, 15) is 18.5 Å². The quantitative estimate of drug-likeness (QED) is 0.200. The largest absolute Gasteiger partial charge is 0.382 e. The number of hydrogen-bond donors (Lipinski definition) is 4. The van der Waals surface area contributed by atoms with E-state index in [1.54, 1.807) is 42.8 Å². The zero-order valence-electron chi connectivity index (χ0n) is 23.3. The van der Waals surface area contributed by atoms with Gasteiger partial charge in [-0.15, -0.1) is 0 Å². The van der Waals surface area contributed by atoms with Gasteiger partial charge in [0.25, 0.3) is 5.91 Å². The van der Waals surface area contributed by atoms with Gasteiger partial charge in [0.05, 0.1) is 16.5 Å². The van der Waals surface area contributed by atoms with Crippen LogP contribution in [0.15, 0.2) is 53.8 Å². The van der Waals surface area contributed by atoms with Crippen molar-refractivity contribution in [3.8, 4) is 17.6 Å². The molecule has 0 spiro atoms. The van der Waals surface area contributed by atoms with E-state index in [1.807, 2.05) is 19.1 Å². The Labute approximate surface area is 246 Å². The molecule has 0 aliphatic rings. The first-order chi connectivity index (χ1) is 20.4. The number of carbonyl (C=O) groups excluding carboxylic acids is 1. The number of nitriles is 1. The predicted octanol–water partition coefficient (Wildman–Crippen LogP) is 1.80. The van der Waals surface area contributed by atoms with Crippen molar-refractivity contribution in [2.24, 2.45) is 5.14 Å². The number of hydrogen-bond acceptors (Lipinski definition) is 12. The van der Waals surface area contributed by atoms with Crippen molar-refractivity contribution in [1.29, 1.82) is 5.26 Å². The molecule has 0 unspecified atom stereocenters. The van der Waals surface area contributed by atoms with Gasteiger partial charge in [0, 0.05) is 18.4 Å². The molecule has 0 aliphatic carbocycles. The molecule has 0 saturated heterocycles. The number of primary sulfonamides is 1. The summed E-state index contributed by atoms with van der Waals surface area (Å²) in [6.45, 7) is 5.57. The summed E-state index contributed by atoms with van der Waals surface area (Å²) in [5.74, 6) is 0.388. The molecule has 0 aliphatic heterocycles. The highest BCUT2D eigenvalue weighted by atomic mass is 32.2. The minimum Gasteiger partial charge on any atom is -0.382 e. The van der Waals surface area contributed by atoms with Crippen molar-refractivity contribution >= 4 is 33.1 Å². The van der Waals surface area contributed by atoms with Gasteiger partial charge in [-0.25, -0.2) is 43.0 Å². The summed E-state index contributed by atoms with van der Waals surface area (Å²) >= 11 is 0. The molecule has 0 bridgehead atoms. The second kappa shape index (κ2) is 11.4. The van der Waals surface area contributed by atoms with Crippen LogP contribution < -0.4 is 21.5 Å². The van der Waals surface area contributed by atoms with Gasteiger partial charge in [0.1, 0.15) is 41.0 Å². The molecule has 0 radical (unpaired) electrons. The Morgan fingerprint density at radius 3 is 2.56 bits per heavy atom. The van der Waals surface area contributed by atoms with E-state index < -0.39 is 22.0 Å². The molecule has 5 rings (SSSR count). The van der Waals surface area contributed by atoms with Gasteiger partial charge in [-0.2, -0.15) is 10.4 Å². The molecule has 1 atom stereocenters. The Hall–Kier alpha value is -5.53. The normalized spacial score (nSPS) is 12.1. The van der Waals surface area contributed by atoms with E-state index in [0.717, 1.165) is 5.56 Å². The second-order valence-corrected chi connectivity index (χ2v) is 11.2. The molecule has 43 heavy (non-hydrogen) atoms. The van der Waals surface area contributed by atoms with E-state index in [0.29, 0.717) is 28.3 Å². The maximum atomic E-state index is 13.1. The third kappa shape index (κ3) is 6.07. The summed E-state index contributed by atoms with van der Waals surface area (Å²) in [5.41, 5.74) is 9.19. The maximum Gasteiger partial charge on any atom is 0.270 e. The predicted molar refractivity (Wildman–Crippen MR) is 156 cm³/mol. The van der Waals surface area contributed by atoms with E-state index in [2.05, 4.69) is 35.7 Å². The van der Waals surface area contributed by atoms with Crippen LogP contribution in [0.5, 0.6) is 0 Å². The van der Waals surface area contributed by atoms with Crippen molar-refractivity contribution in [3.63, 3.8) is 0 Å². The summed E-state index contributed by atoms with van der Waals surface area (Å²) in [6, 6.07) is 10.8. The number of amides is 1. The first-order valence-electron chi connectivity index (χ1n) is 12.8. The summed E-state index contributed by atoms with van der Waals surface area (Å²) < 4.78 is 24.7. The fourth-order valence-electron chi connectivity index (χ4n) is 4.28. The molecule has 1 aromatic carbocycles. The number of nitrogen functional groups attached to an aromatic ring is 1. The van der Waals surface area contributed by atoms with Crippen LogP contribution in [0.2, 0.25) is 0 Å². The van der Waals surface area contributed by atoms with Crippen LogP contribution in [0.4, 0.5) is 11.6 Å². The summed E-state index contributed by atoms with van der Waals surface area (Å²) in [6.07, 6.45) is 3.03. The van der Waals surface area contributed by atoms with Crippen molar-refractivity contribution in [3.05, 3.63) is 82.8 Å². The van der Waals surface area contributed by atoms with Crippen LogP contribution in [-0.2, 0) is 16.6 Å². The molecular formula is C27H26N12O3S. The fourth-order valence-corrected chi connectivity index (χ4v) is 4.80. The molecule has 15 nitrogen and oxygen atoms in total. The molecule has 6 N–H and O–H groups in total. The van der Waals surface area contributed by atoms with E-state index in [1.165, 1.54) is 18.5 Å². The number of carbonyl (C=O) groups is 1. The maximum absolute atomic E-state index is 13.1. The van der Waals surface area contributed by atoms with Crippen molar-refractivity contribution in [2.45, 2.75) is 38.3 Å². The minimum atomic E-state index is -3.82. The van der Waals surface area contributed by atoms with Crippen molar-refractivity contribution < 1.29 is 13.2 Å². The number of benzene rings is 1. The first-order valence-corrected chi connectivity index (χ1v) is 14.4. The van der Waals surface area contributed by atoms with Crippen LogP contribution in [0, 0.1) is 25.2 Å². The number of fused-ring (bicyclic) bond motifs is 1. The summed E-state index contributed by atoms with van der Waals surface area (Å²) in [5, 5.41) is 25.2. The van der Waals surface area contributed by atoms with Crippen LogP contribution in [0.1, 0.15) is 51.7 Å². The van der Waals surface area contributed by atoms with Crippen LogP contribution in [0.25, 0.3) is 17.0 Å². The van der Waals surface area contributed by atoms with Crippen LogP contribution in [-0.4, -0.2) is 48.9 Å². The minimum absolute atomic E-state index is 0.0222. The Morgan fingerprint density at radius 2 is 1.86 bits per heavy atom. The van der Waals surface area contributed by atoms with Crippen LogP contribution in [0.3, 0.4) is 0 Å². The molecule has 1 amide bonds. The Morgan fingerprint density at radius 1 is 1.12 bits per heavy atom. The van der Waals surface area contributed by atoms with E-state index in [-0.39, 0.29) is 40.2 Å².